The molecule has 0 aliphatic carbocycles. The van der Waals surface area contributed by atoms with Gasteiger partial charge in [0.25, 0.3) is 5.91 Å². The Morgan fingerprint density at radius 2 is 2.14 bits per heavy atom. The Morgan fingerprint density at radius 3 is 2.86 bits per heavy atom. The minimum Gasteiger partial charge on any atom is -0.480 e. The van der Waals surface area contributed by atoms with Crippen LogP contribution < -0.4 is 5.32 Å². The Hall–Kier alpha value is -1.93. The maximum Gasteiger partial charge on any atom is 0.325 e. The van der Waals surface area contributed by atoms with Gasteiger partial charge in [0.2, 0.25) is 0 Å². The standard InChI is InChI=1S/C13H20N4O4/c18-12(19)10-17-9-11(8-15-17)13(20)14-2-1-3-16-4-6-21-7-5-16/h8-9H,1-7,10H2,(H,14,20)(H,18,19). The predicted octanol–water partition coefficient (Wildman–Crippen LogP) is -0.580. The van der Waals surface area contributed by atoms with E-state index < -0.39 is 5.97 Å². The molecule has 1 amide bonds. The molecule has 116 valence electrons. The van der Waals surface area contributed by atoms with Crippen molar-refractivity contribution >= 4 is 11.9 Å². The van der Waals surface area contributed by atoms with Gasteiger partial charge in [-0.3, -0.25) is 19.2 Å². The second-order valence-electron chi connectivity index (χ2n) is 4.88. The molecule has 8 heteroatoms. The minimum atomic E-state index is -0.990. The van der Waals surface area contributed by atoms with Crippen molar-refractivity contribution in [3.8, 4) is 0 Å². The van der Waals surface area contributed by atoms with Crippen molar-refractivity contribution in [2.24, 2.45) is 0 Å². The van der Waals surface area contributed by atoms with E-state index in [4.69, 9.17) is 9.84 Å². The van der Waals surface area contributed by atoms with Gasteiger partial charge >= 0.3 is 5.97 Å². The SMILES string of the molecule is O=C(O)Cn1cc(C(=O)NCCCN2CCOCC2)cn1. The van der Waals surface area contributed by atoms with Crippen LogP contribution in [0.3, 0.4) is 0 Å². The third-order valence-electron chi connectivity index (χ3n) is 3.23. The Balaban J connectivity index is 1.66. The van der Waals surface area contributed by atoms with Gasteiger partial charge in [-0.05, 0) is 13.0 Å². The van der Waals surface area contributed by atoms with Crippen molar-refractivity contribution in [2.75, 3.05) is 39.4 Å². The van der Waals surface area contributed by atoms with Gasteiger partial charge in [0, 0.05) is 25.8 Å². The summed E-state index contributed by atoms with van der Waals surface area (Å²) in [5, 5.41) is 15.3. The number of hydrogen-bond acceptors (Lipinski definition) is 5. The fraction of sp³-hybridized carbons (Fsp3) is 0.615. The zero-order valence-corrected chi connectivity index (χ0v) is 11.8. The smallest absolute Gasteiger partial charge is 0.325 e. The number of carboxylic acid groups (broad SMARTS) is 1. The largest absolute Gasteiger partial charge is 0.480 e. The van der Waals surface area contributed by atoms with Crippen molar-refractivity contribution in [2.45, 2.75) is 13.0 Å². The number of aromatic nitrogens is 2. The highest BCUT2D eigenvalue weighted by Crippen LogP contribution is 1.99. The molecular formula is C13H20N4O4. The Bertz CT molecular complexity index is 482. The van der Waals surface area contributed by atoms with Crippen LogP contribution in [-0.4, -0.2) is 71.1 Å². The average molecular weight is 296 g/mol. The molecule has 0 unspecified atom stereocenters. The molecule has 0 bridgehead atoms. The first-order valence-corrected chi connectivity index (χ1v) is 6.97. The molecule has 1 aromatic rings. The summed E-state index contributed by atoms with van der Waals surface area (Å²) in [4.78, 5) is 24.7. The van der Waals surface area contributed by atoms with Crippen LogP contribution in [0.5, 0.6) is 0 Å². The molecule has 1 saturated heterocycles. The van der Waals surface area contributed by atoms with Gasteiger partial charge in [0.05, 0.1) is 25.0 Å². The van der Waals surface area contributed by atoms with Crippen LogP contribution in [0.25, 0.3) is 0 Å². The fourth-order valence-corrected chi connectivity index (χ4v) is 2.14. The number of morpholine rings is 1. The van der Waals surface area contributed by atoms with Crippen LogP contribution >= 0.6 is 0 Å². The topological polar surface area (TPSA) is 96.7 Å². The monoisotopic (exact) mass is 296 g/mol. The fourth-order valence-electron chi connectivity index (χ4n) is 2.14. The summed E-state index contributed by atoms with van der Waals surface area (Å²) in [5.74, 6) is -1.22. The highest BCUT2D eigenvalue weighted by atomic mass is 16.5. The maximum absolute atomic E-state index is 11.8. The highest BCUT2D eigenvalue weighted by Gasteiger charge is 2.11. The Morgan fingerprint density at radius 1 is 1.38 bits per heavy atom. The lowest BCUT2D eigenvalue weighted by Crippen LogP contribution is -2.38. The van der Waals surface area contributed by atoms with E-state index in [0.29, 0.717) is 12.1 Å². The summed E-state index contributed by atoms with van der Waals surface area (Å²) < 4.78 is 6.50. The molecule has 2 rings (SSSR count). The molecule has 1 aromatic heterocycles. The summed E-state index contributed by atoms with van der Waals surface area (Å²) in [5.41, 5.74) is 0.377. The number of carbonyl (C=O) groups is 2. The molecule has 0 radical (unpaired) electrons. The molecule has 1 aliphatic rings. The number of carbonyl (C=O) groups excluding carboxylic acids is 1. The summed E-state index contributed by atoms with van der Waals surface area (Å²) in [6.07, 6.45) is 3.68. The predicted molar refractivity (Wildman–Crippen MR) is 74.1 cm³/mol. The summed E-state index contributed by atoms with van der Waals surface area (Å²) in [6, 6.07) is 0. The summed E-state index contributed by atoms with van der Waals surface area (Å²) in [7, 11) is 0. The third-order valence-corrected chi connectivity index (χ3v) is 3.23. The lowest BCUT2D eigenvalue weighted by Gasteiger charge is -2.26. The number of hydrogen-bond donors (Lipinski definition) is 2. The zero-order valence-electron chi connectivity index (χ0n) is 11.8. The van der Waals surface area contributed by atoms with Crippen molar-refractivity contribution in [3.63, 3.8) is 0 Å². The van der Waals surface area contributed by atoms with Crippen LogP contribution in [0, 0.1) is 0 Å². The molecular weight excluding hydrogens is 276 g/mol. The number of ether oxygens (including phenoxy) is 1. The quantitative estimate of drug-likeness (QED) is 0.654. The van der Waals surface area contributed by atoms with Gasteiger partial charge in [-0.25, -0.2) is 0 Å². The van der Waals surface area contributed by atoms with Crippen molar-refractivity contribution in [1.29, 1.82) is 0 Å². The van der Waals surface area contributed by atoms with E-state index in [1.807, 2.05) is 0 Å². The second kappa shape index (κ2) is 7.75. The zero-order chi connectivity index (χ0) is 15.1. The average Bonchev–Trinajstić information content (AvgIpc) is 2.92. The van der Waals surface area contributed by atoms with E-state index in [1.54, 1.807) is 0 Å². The number of nitrogens with zero attached hydrogens (tertiary/aromatic N) is 3. The van der Waals surface area contributed by atoms with Crippen LogP contribution in [0.1, 0.15) is 16.8 Å². The first-order valence-electron chi connectivity index (χ1n) is 6.97. The number of nitrogens with one attached hydrogen (secondary N) is 1. The van der Waals surface area contributed by atoms with E-state index in [1.165, 1.54) is 17.1 Å². The van der Waals surface area contributed by atoms with E-state index in [0.717, 1.165) is 39.3 Å². The molecule has 2 heterocycles. The van der Waals surface area contributed by atoms with Crippen LogP contribution in [-0.2, 0) is 16.1 Å². The number of carboxylic acids is 1. The minimum absolute atomic E-state index is 0.228. The molecule has 21 heavy (non-hydrogen) atoms. The Labute approximate surface area is 122 Å². The van der Waals surface area contributed by atoms with E-state index in [-0.39, 0.29) is 12.5 Å². The van der Waals surface area contributed by atoms with Crippen molar-refractivity contribution < 1.29 is 19.4 Å². The molecule has 2 N–H and O–H groups in total. The molecule has 0 aromatic carbocycles. The molecule has 0 spiro atoms. The third kappa shape index (κ3) is 5.16. The molecule has 8 nitrogen and oxygen atoms in total. The van der Waals surface area contributed by atoms with E-state index >= 15 is 0 Å². The van der Waals surface area contributed by atoms with Crippen molar-refractivity contribution in [3.05, 3.63) is 18.0 Å². The molecule has 1 aliphatic heterocycles. The number of aliphatic carboxylic acids is 1. The van der Waals surface area contributed by atoms with Crippen molar-refractivity contribution in [1.82, 2.24) is 20.0 Å². The normalized spacial score (nSPS) is 15.8. The second-order valence-corrected chi connectivity index (χ2v) is 4.88. The van der Waals surface area contributed by atoms with Gasteiger partial charge in [0.15, 0.2) is 0 Å². The van der Waals surface area contributed by atoms with Crippen LogP contribution in [0.15, 0.2) is 12.4 Å². The number of amides is 1. The maximum atomic E-state index is 11.8. The molecule has 0 saturated carbocycles. The van der Waals surface area contributed by atoms with E-state index in [2.05, 4.69) is 15.3 Å². The van der Waals surface area contributed by atoms with E-state index in [9.17, 15) is 9.59 Å². The summed E-state index contributed by atoms with van der Waals surface area (Å²) >= 11 is 0. The lowest BCUT2D eigenvalue weighted by molar-refractivity contribution is -0.137. The number of rotatable bonds is 7. The first-order chi connectivity index (χ1) is 10.1. The van der Waals surface area contributed by atoms with Gasteiger partial charge in [-0.15, -0.1) is 0 Å². The van der Waals surface area contributed by atoms with Crippen LogP contribution in [0.2, 0.25) is 0 Å². The van der Waals surface area contributed by atoms with Gasteiger partial charge < -0.3 is 15.2 Å². The first kappa shape index (κ1) is 15.5. The van der Waals surface area contributed by atoms with Gasteiger partial charge in [-0.1, -0.05) is 0 Å². The lowest BCUT2D eigenvalue weighted by atomic mass is 10.3. The van der Waals surface area contributed by atoms with Crippen LogP contribution in [0.4, 0.5) is 0 Å². The molecule has 1 fully saturated rings. The highest BCUT2D eigenvalue weighted by molar-refractivity contribution is 5.93. The Kier molecular flexibility index (Phi) is 5.70. The summed E-state index contributed by atoms with van der Waals surface area (Å²) in [6.45, 7) is 4.70. The molecule has 0 atom stereocenters. The van der Waals surface area contributed by atoms with Gasteiger partial charge in [0.1, 0.15) is 6.54 Å². The van der Waals surface area contributed by atoms with Gasteiger partial charge in [-0.2, -0.15) is 5.10 Å².